The summed E-state index contributed by atoms with van der Waals surface area (Å²) >= 11 is 0. The van der Waals surface area contributed by atoms with Crippen molar-refractivity contribution in [3.63, 3.8) is 0 Å². The maximum absolute atomic E-state index is 9.78. The first-order chi connectivity index (χ1) is 4.52. The van der Waals surface area contributed by atoms with Crippen molar-refractivity contribution in [3.8, 4) is 0 Å². The molecule has 1 fully saturated rings. The van der Waals surface area contributed by atoms with Crippen molar-refractivity contribution in [2.45, 2.75) is 19.4 Å². The second-order valence-electron chi connectivity index (χ2n) is 3.61. The van der Waals surface area contributed by atoms with E-state index in [0.717, 1.165) is 0 Å². The Morgan fingerprint density at radius 3 is 2.18 bits per heavy atom. The van der Waals surface area contributed by atoms with E-state index in [1.165, 1.54) is 0 Å². The maximum Gasteiger partial charge on any atom is 0.107 e. The fraction of sp³-hybridized carbons (Fsp3) is 1.00. The first-order valence-electron chi connectivity index (χ1n) is 3.52. The summed E-state index contributed by atoms with van der Waals surface area (Å²) in [7, 11) is 0. The van der Waals surface area contributed by atoms with Crippen LogP contribution in [0, 0.1) is 5.41 Å². The van der Waals surface area contributed by atoms with Gasteiger partial charge in [-0.3, -0.25) is 0 Å². The van der Waals surface area contributed by atoms with Gasteiger partial charge in [0.1, 0.15) is 5.60 Å². The fourth-order valence-electron chi connectivity index (χ4n) is 1.14. The minimum Gasteiger partial charge on any atom is -0.385 e. The van der Waals surface area contributed by atoms with Gasteiger partial charge in [0.05, 0.1) is 13.2 Å². The number of rotatable bonds is 1. The van der Waals surface area contributed by atoms with E-state index in [0.29, 0.717) is 13.2 Å². The Labute approximate surface area is 73.3 Å². The van der Waals surface area contributed by atoms with Gasteiger partial charge in [0.25, 0.3) is 0 Å². The van der Waals surface area contributed by atoms with Crippen LogP contribution in [-0.4, -0.2) is 30.5 Å². The van der Waals surface area contributed by atoms with Crippen molar-refractivity contribution < 1.29 is 9.84 Å². The highest BCUT2D eigenvalue weighted by Gasteiger charge is 2.47. The summed E-state index contributed by atoms with van der Waals surface area (Å²) in [5.74, 6) is 0. The number of halogens is 1. The largest absolute Gasteiger partial charge is 0.385 e. The topological polar surface area (TPSA) is 55.5 Å². The van der Waals surface area contributed by atoms with Crippen molar-refractivity contribution in [1.82, 2.24) is 0 Å². The van der Waals surface area contributed by atoms with Gasteiger partial charge in [0, 0.05) is 12.0 Å². The molecule has 0 aliphatic carbocycles. The lowest BCUT2D eigenvalue weighted by Crippen LogP contribution is -2.49. The second kappa shape index (κ2) is 3.27. The molecule has 0 radical (unpaired) electrons. The second-order valence-corrected chi connectivity index (χ2v) is 3.61. The molecule has 4 heteroatoms. The Kier molecular flexibility index (Phi) is 3.32. The molecule has 3 N–H and O–H groups in total. The van der Waals surface area contributed by atoms with Crippen molar-refractivity contribution in [2.75, 3.05) is 19.8 Å². The number of hydrogen-bond acceptors (Lipinski definition) is 3. The summed E-state index contributed by atoms with van der Waals surface area (Å²) in [4.78, 5) is 0. The van der Waals surface area contributed by atoms with Crippen LogP contribution < -0.4 is 5.73 Å². The highest BCUT2D eigenvalue weighted by atomic mass is 35.5. The smallest absolute Gasteiger partial charge is 0.107 e. The normalized spacial score (nSPS) is 34.9. The third-order valence-corrected chi connectivity index (χ3v) is 2.40. The van der Waals surface area contributed by atoms with E-state index in [1.807, 2.05) is 13.8 Å². The minimum absolute atomic E-state index is 0. The van der Waals surface area contributed by atoms with Crippen LogP contribution in [0.5, 0.6) is 0 Å². The van der Waals surface area contributed by atoms with Crippen LogP contribution in [0.15, 0.2) is 0 Å². The summed E-state index contributed by atoms with van der Waals surface area (Å²) in [5.41, 5.74) is 4.41. The highest BCUT2D eigenvalue weighted by molar-refractivity contribution is 5.85. The van der Waals surface area contributed by atoms with Crippen LogP contribution >= 0.6 is 12.4 Å². The SMILES string of the molecule is CC1(C)COCC1(O)CN.Cl. The molecule has 68 valence electrons. The molecule has 1 heterocycles. The highest BCUT2D eigenvalue weighted by Crippen LogP contribution is 2.36. The van der Waals surface area contributed by atoms with Gasteiger partial charge in [0.15, 0.2) is 0 Å². The Morgan fingerprint density at radius 1 is 1.45 bits per heavy atom. The van der Waals surface area contributed by atoms with Crippen molar-refractivity contribution in [3.05, 3.63) is 0 Å². The van der Waals surface area contributed by atoms with Gasteiger partial charge in [-0.05, 0) is 0 Å². The molecule has 3 nitrogen and oxygen atoms in total. The number of nitrogens with two attached hydrogens (primary N) is 1. The van der Waals surface area contributed by atoms with Crippen LogP contribution in [0.25, 0.3) is 0 Å². The Morgan fingerprint density at radius 2 is 2.00 bits per heavy atom. The zero-order valence-corrected chi connectivity index (χ0v) is 7.78. The molecule has 0 bridgehead atoms. The third kappa shape index (κ3) is 1.67. The lowest BCUT2D eigenvalue weighted by molar-refractivity contribution is -0.0237. The van der Waals surface area contributed by atoms with Crippen molar-refractivity contribution in [2.24, 2.45) is 11.1 Å². The molecular formula is C7H16ClNO2. The predicted octanol–water partition coefficient (Wildman–Crippen LogP) is 0.154. The molecule has 0 spiro atoms. The van der Waals surface area contributed by atoms with Gasteiger partial charge in [0.2, 0.25) is 0 Å². The molecule has 0 aromatic rings. The Balaban J connectivity index is 0.000001000. The lowest BCUT2D eigenvalue weighted by atomic mass is 9.78. The van der Waals surface area contributed by atoms with E-state index in [4.69, 9.17) is 10.5 Å². The average Bonchev–Trinajstić information content (AvgIpc) is 2.10. The predicted molar refractivity (Wildman–Crippen MR) is 45.9 cm³/mol. The van der Waals surface area contributed by atoms with Crippen molar-refractivity contribution >= 4 is 12.4 Å². The molecule has 11 heavy (non-hydrogen) atoms. The molecule has 1 saturated heterocycles. The molecule has 1 aliphatic rings. The number of hydrogen-bond donors (Lipinski definition) is 2. The minimum atomic E-state index is -0.812. The summed E-state index contributed by atoms with van der Waals surface area (Å²) in [6.45, 7) is 5.18. The van der Waals surface area contributed by atoms with Crippen molar-refractivity contribution in [1.29, 1.82) is 0 Å². The summed E-state index contributed by atoms with van der Waals surface area (Å²) < 4.78 is 5.14. The van der Waals surface area contributed by atoms with Crippen LogP contribution in [0.1, 0.15) is 13.8 Å². The monoisotopic (exact) mass is 181 g/mol. The zero-order valence-electron chi connectivity index (χ0n) is 6.96. The fourth-order valence-corrected chi connectivity index (χ4v) is 1.14. The molecule has 0 saturated carbocycles. The van der Waals surface area contributed by atoms with Gasteiger partial charge in [-0.25, -0.2) is 0 Å². The van der Waals surface area contributed by atoms with Crippen LogP contribution in [0.4, 0.5) is 0 Å². The third-order valence-electron chi connectivity index (χ3n) is 2.40. The Hall–Kier alpha value is 0.170. The molecule has 1 atom stereocenters. The quantitative estimate of drug-likeness (QED) is 0.606. The summed E-state index contributed by atoms with van der Waals surface area (Å²) in [5, 5.41) is 9.78. The molecule has 1 unspecified atom stereocenters. The standard InChI is InChI=1S/C7H15NO2.ClH/c1-6(2)4-10-5-7(6,9)3-8;/h9H,3-5,8H2,1-2H3;1H. The lowest BCUT2D eigenvalue weighted by Gasteiger charge is -2.32. The number of aliphatic hydroxyl groups is 1. The first-order valence-corrected chi connectivity index (χ1v) is 3.52. The average molecular weight is 182 g/mol. The van der Waals surface area contributed by atoms with Crippen LogP contribution in [0.2, 0.25) is 0 Å². The van der Waals surface area contributed by atoms with E-state index >= 15 is 0 Å². The Bertz CT molecular complexity index is 140. The molecule has 0 aromatic heterocycles. The van der Waals surface area contributed by atoms with Gasteiger partial charge in [-0.2, -0.15) is 0 Å². The molecule has 0 amide bonds. The van der Waals surface area contributed by atoms with Gasteiger partial charge >= 0.3 is 0 Å². The first kappa shape index (κ1) is 11.2. The maximum atomic E-state index is 9.78. The number of ether oxygens (including phenoxy) is 1. The summed E-state index contributed by atoms with van der Waals surface area (Å²) in [6, 6.07) is 0. The molecule has 0 aromatic carbocycles. The van der Waals surface area contributed by atoms with E-state index in [-0.39, 0.29) is 24.4 Å². The van der Waals surface area contributed by atoms with E-state index in [1.54, 1.807) is 0 Å². The van der Waals surface area contributed by atoms with Gasteiger partial charge in [-0.1, -0.05) is 13.8 Å². The molecular weight excluding hydrogens is 166 g/mol. The molecule has 1 aliphatic heterocycles. The van der Waals surface area contributed by atoms with Gasteiger partial charge < -0.3 is 15.6 Å². The van der Waals surface area contributed by atoms with Crippen LogP contribution in [0.3, 0.4) is 0 Å². The van der Waals surface area contributed by atoms with E-state index < -0.39 is 5.60 Å². The molecule has 1 rings (SSSR count). The van der Waals surface area contributed by atoms with E-state index in [9.17, 15) is 5.11 Å². The van der Waals surface area contributed by atoms with Gasteiger partial charge in [-0.15, -0.1) is 12.4 Å². The van der Waals surface area contributed by atoms with E-state index in [2.05, 4.69) is 0 Å². The summed E-state index contributed by atoms with van der Waals surface area (Å²) in [6.07, 6.45) is 0. The van der Waals surface area contributed by atoms with Crippen LogP contribution in [-0.2, 0) is 4.74 Å². The zero-order chi connectivity index (χ0) is 7.83.